The Hall–Kier alpha value is -3.63. The maximum Gasteiger partial charge on any atom is 0.317 e. The fourth-order valence-electron chi connectivity index (χ4n) is 4.40. The molecule has 2 aliphatic carbocycles. The van der Waals surface area contributed by atoms with Gasteiger partial charge in [0.1, 0.15) is 11.6 Å². The molecule has 2 saturated carbocycles. The highest BCUT2D eigenvalue weighted by Gasteiger charge is 2.27. The Labute approximate surface area is 197 Å². The summed E-state index contributed by atoms with van der Waals surface area (Å²) in [7, 11) is 3.49. The maximum atomic E-state index is 12.0. The van der Waals surface area contributed by atoms with Gasteiger partial charge in [0, 0.05) is 49.4 Å². The predicted molar refractivity (Wildman–Crippen MR) is 127 cm³/mol. The van der Waals surface area contributed by atoms with Gasteiger partial charge in [-0.2, -0.15) is 9.61 Å². The molecule has 11 nitrogen and oxygen atoms in total. The summed E-state index contributed by atoms with van der Waals surface area (Å²) in [5.41, 5.74) is 1.73. The third kappa shape index (κ3) is 4.82. The second-order valence-corrected chi connectivity index (χ2v) is 9.54. The van der Waals surface area contributed by atoms with Crippen LogP contribution in [0.25, 0.3) is 11.7 Å². The van der Waals surface area contributed by atoms with E-state index in [0.717, 1.165) is 50.2 Å². The van der Waals surface area contributed by atoms with Gasteiger partial charge in [-0.15, -0.1) is 0 Å². The molecule has 0 bridgehead atoms. The van der Waals surface area contributed by atoms with E-state index < -0.39 is 0 Å². The molecule has 5 rings (SSSR count). The van der Waals surface area contributed by atoms with E-state index in [0.29, 0.717) is 22.8 Å². The normalized spacial score (nSPS) is 23.8. The SMILES string of the molecule is CN(C)C(=O)NC1CCC(Nc2cc(NC3CC3)n3ncc(/C=C4\CC(=O)NC4=O)c3n2)CC1. The van der Waals surface area contributed by atoms with Crippen LogP contribution in [0.15, 0.2) is 17.8 Å². The van der Waals surface area contributed by atoms with Crippen LogP contribution in [0.3, 0.4) is 0 Å². The van der Waals surface area contributed by atoms with Gasteiger partial charge in [-0.3, -0.25) is 14.9 Å². The minimum atomic E-state index is -0.368. The second kappa shape index (κ2) is 8.96. The van der Waals surface area contributed by atoms with E-state index in [1.54, 1.807) is 35.8 Å². The van der Waals surface area contributed by atoms with E-state index in [9.17, 15) is 14.4 Å². The standard InChI is InChI=1S/C23H30N8O3/c1-30(2)23(34)27-17-7-3-15(4-8-17)25-18-11-19(26-16-5-6-16)31-21(28-18)14(12-24-31)9-13-10-20(32)29-22(13)33/h9,11-12,15-17,26H,3-8,10H2,1-2H3,(H,25,28)(H,27,34)(H,29,32,33)/b13-9+. The summed E-state index contributed by atoms with van der Waals surface area (Å²) in [4.78, 5) is 41.9. The van der Waals surface area contributed by atoms with Crippen molar-refractivity contribution in [2.24, 2.45) is 0 Å². The van der Waals surface area contributed by atoms with Gasteiger partial charge in [0.15, 0.2) is 5.65 Å². The van der Waals surface area contributed by atoms with Gasteiger partial charge in [-0.1, -0.05) is 0 Å². The molecule has 34 heavy (non-hydrogen) atoms. The zero-order valence-corrected chi connectivity index (χ0v) is 19.4. The fourth-order valence-corrected chi connectivity index (χ4v) is 4.40. The summed E-state index contributed by atoms with van der Waals surface area (Å²) in [6.07, 6.45) is 9.33. The number of carbonyl (C=O) groups excluding carboxylic acids is 3. The summed E-state index contributed by atoms with van der Waals surface area (Å²) in [5.74, 6) is 0.923. The van der Waals surface area contributed by atoms with Crippen molar-refractivity contribution in [1.29, 1.82) is 0 Å². The number of hydrogen-bond acceptors (Lipinski definition) is 7. The molecule has 180 valence electrons. The van der Waals surface area contributed by atoms with Crippen LogP contribution < -0.4 is 21.3 Å². The van der Waals surface area contributed by atoms with Gasteiger partial charge in [-0.25, -0.2) is 9.78 Å². The van der Waals surface area contributed by atoms with Gasteiger partial charge < -0.3 is 20.9 Å². The number of hydrogen-bond donors (Lipinski definition) is 4. The van der Waals surface area contributed by atoms with Crippen molar-refractivity contribution in [3.63, 3.8) is 0 Å². The van der Waals surface area contributed by atoms with Gasteiger partial charge in [0.25, 0.3) is 5.91 Å². The van der Waals surface area contributed by atoms with Crippen molar-refractivity contribution in [3.8, 4) is 0 Å². The summed E-state index contributed by atoms with van der Waals surface area (Å²) in [6.45, 7) is 0. The molecule has 0 unspecified atom stereocenters. The van der Waals surface area contributed by atoms with Crippen molar-refractivity contribution < 1.29 is 14.4 Å². The molecular formula is C23H30N8O3. The van der Waals surface area contributed by atoms with Crippen LogP contribution in [0.4, 0.5) is 16.4 Å². The third-order valence-corrected chi connectivity index (χ3v) is 6.47. The lowest BCUT2D eigenvalue weighted by molar-refractivity contribution is -0.124. The Morgan fingerprint density at radius 1 is 1.09 bits per heavy atom. The Bertz CT molecular complexity index is 1160. The van der Waals surface area contributed by atoms with E-state index >= 15 is 0 Å². The molecule has 3 fully saturated rings. The van der Waals surface area contributed by atoms with Crippen molar-refractivity contribution >= 4 is 41.2 Å². The lowest BCUT2D eigenvalue weighted by Crippen LogP contribution is -2.44. The van der Waals surface area contributed by atoms with Gasteiger partial charge in [0.2, 0.25) is 5.91 Å². The smallest absolute Gasteiger partial charge is 0.317 e. The molecule has 11 heteroatoms. The summed E-state index contributed by atoms with van der Waals surface area (Å²) in [6, 6.07) is 2.78. The highest BCUT2D eigenvalue weighted by atomic mass is 16.2. The fraction of sp³-hybridized carbons (Fsp3) is 0.522. The first-order valence-electron chi connectivity index (χ1n) is 11.8. The Kier molecular flexibility index (Phi) is 5.84. The quantitative estimate of drug-likeness (QED) is 0.376. The monoisotopic (exact) mass is 466 g/mol. The molecular weight excluding hydrogens is 436 g/mol. The molecule has 3 heterocycles. The molecule has 1 saturated heterocycles. The number of nitrogens with one attached hydrogen (secondary N) is 4. The van der Waals surface area contributed by atoms with Crippen molar-refractivity contribution in [2.75, 3.05) is 24.7 Å². The van der Waals surface area contributed by atoms with Crippen LogP contribution in [-0.4, -0.2) is 69.6 Å². The Morgan fingerprint density at radius 2 is 1.76 bits per heavy atom. The lowest BCUT2D eigenvalue weighted by atomic mass is 9.91. The molecule has 2 aromatic rings. The molecule has 0 aromatic carbocycles. The zero-order valence-electron chi connectivity index (χ0n) is 19.4. The number of carbonyl (C=O) groups is 3. The average molecular weight is 467 g/mol. The minimum absolute atomic E-state index is 0.0562. The zero-order chi connectivity index (χ0) is 23.8. The number of fused-ring (bicyclic) bond motifs is 1. The number of aromatic nitrogens is 3. The van der Waals surface area contributed by atoms with Gasteiger partial charge >= 0.3 is 6.03 Å². The number of anilines is 2. The number of rotatable bonds is 6. The van der Waals surface area contributed by atoms with Gasteiger partial charge in [0.05, 0.1) is 12.6 Å². The van der Waals surface area contributed by atoms with Crippen LogP contribution in [0.5, 0.6) is 0 Å². The van der Waals surface area contributed by atoms with Crippen LogP contribution >= 0.6 is 0 Å². The molecule has 0 atom stereocenters. The topological polar surface area (TPSA) is 133 Å². The number of nitrogens with zero attached hydrogens (tertiary/aromatic N) is 4. The first kappa shape index (κ1) is 22.2. The summed E-state index contributed by atoms with van der Waals surface area (Å²) >= 11 is 0. The average Bonchev–Trinajstić information content (AvgIpc) is 3.43. The highest BCUT2D eigenvalue weighted by Crippen LogP contribution is 2.29. The van der Waals surface area contributed by atoms with Crippen molar-refractivity contribution in [1.82, 2.24) is 30.1 Å². The summed E-state index contributed by atoms with van der Waals surface area (Å²) in [5, 5.41) is 16.9. The molecule has 4 N–H and O–H groups in total. The maximum absolute atomic E-state index is 12.0. The third-order valence-electron chi connectivity index (χ3n) is 6.47. The minimum Gasteiger partial charge on any atom is -0.367 e. The Balaban J connectivity index is 1.35. The lowest BCUT2D eigenvalue weighted by Gasteiger charge is -2.30. The molecule has 3 aliphatic rings. The van der Waals surface area contributed by atoms with E-state index in [1.165, 1.54) is 0 Å². The first-order valence-corrected chi connectivity index (χ1v) is 11.8. The van der Waals surface area contributed by atoms with Gasteiger partial charge in [-0.05, 0) is 44.6 Å². The highest BCUT2D eigenvalue weighted by molar-refractivity contribution is 6.15. The molecule has 0 spiro atoms. The number of imide groups is 1. The van der Waals surface area contributed by atoms with E-state index in [2.05, 4.69) is 26.4 Å². The van der Waals surface area contributed by atoms with Crippen LogP contribution in [0.1, 0.15) is 50.5 Å². The van der Waals surface area contributed by atoms with Crippen molar-refractivity contribution in [2.45, 2.75) is 63.1 Å². The van der Waals surface area contributed by atoms with E-state index in [-0.39, 0.29) is 36.3 Å². The number of amides is 4. The molecule has 4 amide bonds. The van der Waals surface area contributed by atoms with E-state index in [1.807, 2.05) is 6.07 Å². The van der Waals surface area contributed by atoms with E-state index in [4.69, 9.17) is 4.98 Å². The Morgan fingerprint density at radius 3 is 2.41 bits per heavy atom. The van der Waals surface area contributed by atoms with Crippen LogP contribution in [-0.2, 0) is 9.59 Å². The van der Waals surface area contributed by atoms with Crippen molar-refractivity contribution in [3.05, 3.63) is 23.4 Å². The second-order valence-electron chi connectivity index (χ2n) is 9.54. The summed E-state index contributed by atoms with van der Waals surface area (Å²) < 4.78 is 1.75. The number of urea groups is 1. The predicted octanol–water partition coefficient (Wildman–Crippen LogP) is 1.73. The largest absolute Gasteiger partial charge is 0.367 e. The molecule has 2 aromatic heterocycles. The van der Waals surface area contributed by atoms with Crippen LogP contribution in [0, 0.1) is 0 Å². The first-order chi connectivity index (χ1) is 16.4. The van der Waals surface area contributed by atoms with Crippen LogP contribution in [0.2, 0.25) is 0 Å². The molecule has 1 aliphatic heterocycles. The molecule has 0 radical (unpaired) electrons.